The molecule has 0 N–H and O–H groups in total. The van der Waals surface area contributed by atoms with E-state index in [2.05, 4.69) is 20.7 Å². The highest BCUT2D eigenvalue weighted by molar-refractivity contribution is 9.10. The molecule has 16 heavy (non-hydrogen) atoms. The van der Waals surface area contributed by atoms with E-state index in [1.807, 2.05) is 0 Å². The highest BCUT2D eigenvalue weighted by Gasteiger charge is 2.19. The summed E-state index contributed by atoms with van der Waals surface area (Å²) in [5, 5.41) is 0. The van der Waals surface area contributed by atoms with Crippen LogP contribution >= 0.6 is 15.9 Å². The van der Waals surface area contributed by atoms with Crippen molar-refractivity contribution >= 4 is 33.5 Å². The molecule has 0 atom stereocenters. The first kappa shape index (κ1) is 12.6. The van der Waals surface area contributed by atoms with E-state index in [0.717, 1.165) is 4.47 Å². The van der Waals surface area contributed by atoms with E-state index in [4.69, 9.17) is 0 Å². The molecule has 1 rings (SSSR count). The summed E-state index contributed by atoms with van der Waals surface area (Å²) in [4.78, 5) is 33.7. The van der Waals surface area contributed by atoms with Crippen LogP contribution in [0.5, 0.6) is 0 Å². The molecule has 84 valence electrons. The molecule has 1 aromatic carbocycles. The zero-order valence-corrected chi connectivity index (χ0v) is 10.1. The molecule has 0 aromatic heterocycles. The minimum absolute atomic E-state index is 0.261. The third-order valence-electron chi connectivity index (χ3n) is 1.89. The van der Waals surface area contributed by atoms with Crippen molar-refractivity contribution < 1.29 is 19.1 Å². The second kappa shape index (κ2) is 5.55. The van der Waals surface area contributed by atoms with Crippen LogP contribution in [0.25, 0.3) is 0 Å². The fourth-order valence-corrected chi connectivity index (χ4v) is 1.31. The summed E-state index contributed by atoms with van der Waals surface area (Å²) in [6, 6.07) is 6.33. The predicted molar refractivity (Wildman–Crippen MR) is 60.1 cm³/mol. The maximum Gasteiger partial charge on any atom is 0.313 e. The SMILES string of the molecule is COC(=O)CC(=O)C(=O)c1ccc(Br)cc1. The van der Waals surface area contributed by atoms with Gasteiger partial charge in [-0.15, -0.1) is 0 Å². The molecule has 0 aliphatic rings. The van der Waals surface area contributed by atoms with Gasteiger partial charge in [0.1, 0.15) is 6.42 Å². The molecule has 1 aromatic rings. The van der Waals surface area contributed by atoms with Crippen molar-refractivity contribution in [2.24, 2.45) is 0 Å². The number of esters is 1. The van der Waals surface area contributed by atoms with Gasteiger partial charge >= 0.3 is 5.97 Å². The van der Waals surface area contributed by atoms with Crippen molar-refractivity contribution in [1.29, 1.82) is 0 Å². The van der Waals surface area contributed by atoms with Gasteiger partial charge in [-0.1, -0.05) is 15.9 Å². The zero-order chi connectivity index (χ0) is 12.1. The molecule has 0 saturated carbocycles. The monoisotopic (exact) mass is 284 g/mol. The minimum Gasteiger partial charge on any atom is -0.469 e. The minimum atomic E-state index is -0.769. The quantitative estimate of drug-likeness (QED) is 0.366. The van der Waals surface area contributed by atoms with Gasteiger partial charge in [-0.25, -0.2) is 0 Å². The molecule has 0 fully saturated rings. The lowest BCUT2D eigenvalue weighted by molar-refractivity contribution is -0.142. The van der Waals surface area contributed by atoms with E-state index in [1.165, 1.54) is 19.2 Å². The van der Waals surface area contributed by atoms with E-state index in [1.54, 1.807) is 12.1 Å². The number of rotatable bonds is 4. The first-order valence-corrected chi connectivity index (χ1v) is 5.24. The van der Waals surface area contributed by atoms with E-state index >= 15 is 0 Å². The molecule has 0 radical (unpaired) electrons. The van der Waals surface area contributed by atoms with Gasteiger partial charge in [0, 0.05) is 10.0 Å². The van der Waals surface area contributed by atoms with Gasteiger partial charge < -0.3 is 4.74 Å². The van der Waals surface area contributed by atoms with Gasteiger partial charge in [0.25, 0.3) is 0 Å². The van der Waals surface area contributed by atoms with Gasteiger partial charge in [0.2, 0.25) is 11.6 Å². The maximum atomic E-state index is 11.5. The molecular weight excluding hydrogens is 276 g/mol. The van der Waals surface area contributed by atoms with Crippen LogP contribution < -0.4 is 0 Å². The Hall–Kier alpha value is -1.49. The standard InChI is InChI=1S/C11H9BrO4/c1-16-10(14)6-9(13)11(15)7-2-4-8(12)5-3-7/h2-5H,6H2,1H3. The Morgan fingerprint density at radius 2 is 1.75 bits per heavy atom. The largest absolute Gasteiger partial charge is 0.469 e. The van der Waals surface area contributed by atoms with Crippen LogP contribution in [0, 0.1) is 0 Å². The molecule has 0 aliphatic heterocycles. The summed E-state index contributed by atoms with van der Waals surface area (Å²) >= 11 is 3.21. The topological polar surface area (TPSA) is 60.4 Å². The normalized spacial score (nSPS) is 9.62. The molecule has 0 bridgehead atoms. The first-order chi connectivity index (χ1) is 7.54. The molecule has 0 saturated heterocycles. The smallest absolute Gasteiger partial charge is 0.313 e. The van der Waals surface area contributed by atoms with Crippen molar-refractivity contribution in [3.05, 3.63) is 34.3 Å². The van der Waals surface area contributed by atoms with Crippen molar-refractivity contribution in [3.8, 4) is 0 Å². The lowest BCUT2D eigenvalue weighted by Gasteiger charge is -1.99. The Morgan fingerprint density at radius 1 is 1.19 bits per heavy atom. The van der Waals surface area contributed by atoms with Crippen molar-refractivity contribution in [1.82, 2.24) is 0 Å². The van der Waals surface area contributed by atoms with Gasteiger partial charge in [0.05, 0.1) is 7.11 Å². The Bertz CT molecular complexity index is 422. The predicted octanol–water partition coefficient (Wildman–Crippen LogP) is 1.76. The second-order valence-electron chi connectivity index (χ2n) is 3.01. The summed E-state index contributed by atoms with van der Waals surface area (Å²) in [5.74, 6) is -2.16. The highest BCUT2D eigenvalue weighted by Crippen LogP contribution is 2.11. The van der Waals surface area contributed by atoms with Crippen LogP contribution in [-0.2, 0) is 14.3 Å². The Balaban J connectivity index is 2.74. The second-order valence-corrected chi connectivity index (χ2v) is 3.93. The fraction of sp³-hybridized carbons (Fsp3) is 0.182. The van der Waals surface area contributed by atoms with Gasteiger partial charge in [-0.3, -0.25) is 14.4 Å². The number of ether oxygens (including phenoxy) is 1. The van der Waals surface area contributed by atoms with Gasteiger partial charge in [-0.05, 0) is 24.3 Å². The Morgan fingerprint density at radius 3 is 2.25 bits per heavy atom. The molecular formula is C11H9BrO4. The van der Waals surface area contributed by atoms with Crippen LogP contribution in [-0.4, -0.2) is 24.6 Å². The van der Waals surface area contributed by atoms with Gasteiger partial charge in [0.15, 0.2) is 0 Å². The molecule has 0 spiro atoms. The van der Waals surface area contributed by atoms with Crippen molar-refractivity contribution in [3.63, 3.8) is 0 Å². The number of methoxy groups -OCH3 is 1. The molecule has 0 heterocycles. The van der Waals surface area contributed by atoms with Crippen LogP contribution in [0.3, 0.4) is 0 Å². The lowest BCUT2D eigenvalue weighted by atomic mass is 10.1. The average molecular weight is 285 g/mol. The number of Topliss-reactive ketones (excluding diaryl/α,β-unsaturated/α-hetero) is 2. The number of ketones is 2. The van der Waals surface area contributed by atoms with Crippen molar-refractivity contribution in [2.45, 2.75) is 6.42 Å². The van der Waals surface area contributed by atoms with Gasteiger partial charge in [-0.2, -0.15) is 0 Å². The van der Waals surface area contributed by atoms with E-state index in [9.17, 15) is 14.4 Å². The maximum absolute atomic E-state index is 11.5. The summed E-state index contributed by atoms with van der Waals surface area (Å²) in [6.45, 7) is 0. The molecule has 5 heteroatoms. The molecule has 4 nitrogen and oxygen atoms in total. The Labute approximate surface area is 101 Å². The van der Waals surface area contributed by atoms with Crippen LogP contribution in [0.1, 0.15) is 16.8 Å². The van der Waals surface area contributed by atoms with Crippen LogP contribution in [0.2, 0.25) is 0 Å². The number of carbonyl (C=O) groups excluding carboxylic acids is 3. The number of halogens is 1. The number of hydrogen-bond acceptors (Lipinski definition) is 4. The third-order valence-corrected chi connectivity index (χ3v) is 2.42. The molecule has 0 aliphatic carbocycles. The van der Waals surface area contributed by atoms with E-state index in [-0.39, 0.29) is 5.56 Å². The lowest BCUT2D eigenvalue weighted by Crippen LogP contribution is -2.18. The molecule has 0 amide bonds. The average Bonchev–Trinajstić information content (AvgIpc) is 2.28. The van der Waals surface area contributed by atoms with Crippen LogP contribution in [0.15, 0.2) is 28.7 Å². The Kier molecular flexibility index (Phi) is 4.37. The number of hydrogen-bond donors (Lipinski definition) is 0. The van der Waals surface area contributed by atoms with Crippen molar-refractivity contribution in [2.75, 3.05) is 7.11 Å². The number of benzene rings is 1. The zero-order valence-electron chi connectivity index (χ0n) is 8.53. The van der Waals surface area contributed by atoms with E-state index < -0.39 is 24.0 Å². The fourth-order valence-electron chi connectivity index (χ4n) is 1.05. The number of carbonyl (C=O) groups is 3. The first-order valence-electron chi connectivity index (χ1n) is 4.44. The van der Waals surface area contributed by atoms with E-state index in [0.29, 0.717) is 0 Å². The van der Waals surface area contributed by atoms with Crippen LogP contribution in [0.4, 0.5) is 0 Å². The third kappa shape index (κ3) is 3.27. The molecule has 0 unspecified atom stereocenters. The summed E-state index contributed by atoms with van der Waals surface area (Å²) in [6.07, 6.45) is -0.522. The highest BCUT2D eigenvalue weighted by atomic mass is 79.9. The summed E-state index contributed by atoms with van der Waals surface area (Å²) < 4.78 is 5.12. The summed E-state index contributed by atoms with van der Waals surface area (Å²) in [5.41, 5.74) is 0.261. The summed E-state index contributed by atoms with van der Waals surface area (Å²) in [7, 11) is 1.17.